The molecule has 0 aromatic heterocycles. The maximum Gasteiger partial charge on any atom is 0.225 e. The van der Waals surface area contributed by atoms with Crippen molar-refractivity contribution in [3.63, 3.8) is 0 Å². The summed E-state index contributed by atoms with van der Waals surface area (Å²) in [7, 11) is 0. The quantitative estimate of drug-likeness (QED) is 0.875. The molecule has 1 fully saturated rings. The van der Waals surface area contributed by atoms with Gasteiger partial charge in [0.1, 0.15) is 5.82 Å². The Bertz CT molecular complexity index is 650. The van der Waals surface area contributed by atoms with Crippen LogP contribution in [0.15, 0.2) is 48.5 Å². The Morgan fingerprint density at radius 1 is 1.18 bits per heavy atom. The highest BCUT2D eigenvalue weighted by Crippen LogP contribution is 2.41. The first-order valence-electron chi connectivity index (χ1n) is 7.42. The molecule has 0 saturated heterocycles. The van der Waals surface area contributed by atoms with Crippen molar-refractivity contribution in [1.82, 2.24) is 5.32 Å². The van der Waals surface area contributed by atoms with Crippen molar-refractivity contribution in [1.29, 1.82) is 0 Å². The summed E-state index contributed by atoms with van der Waals surface area (Å²) in [5.41, 5.74) is 1.35. The van der Waals surface area contributed by atoms with E-state index in [0.717, 1.165) is 18.4 Å². The van der Waals surface area contributed by atoms with Crippen LogP contribution >= 0.6 is 11.6 Å². The molecule has 0 spiro atoms. The van der Waals surface area contributed by atoms with Crippen LogP contribution < -0.4 is 5.32 Å². The van der Waals surface area contributed by atoms with E-state index in [0.29, 0.717) is 5.92 Å². The highest BCUT2D eigenvalue weighted by Gasteiger charge is 2.33. The van der Waals surface area contributed by atoms with Crippen LogP contribution in [0.25, 0.3) is 0 Å². The largest absolute Gasteiger partial charge is 0.349 e. The molecule has 1 aliphatic rings. The van der Waals surface area contributed by atoms with Gasteiger partial charge in [-0.15, -0.1) is 0 Å². The lowest BCUT2D eigenvalue weighted by molar-refractivity contribution is -0.121. The van der Waals surface area contributed by atoms with Crippen molar-refractivity contribution < 1.29 is 9.18 Å². The molecule has 0 aliphatic heterocycles. The SMILES string of the molecule is O=C(Cc1c(F)cccc1Cl)NC(c1ccccc1)C1CC1. The summed E-state index contributed by atoms with van der Waals surface area (Å²) >= 11 is 5.98. The van der Waals surface area contributed by atoms with E-state index in [-0.39, 0.29) is 29.0 Å². The fourth-order valence-corrected chi connectivity index (χ4v) is 2.88. The first-order valence-corrected chi connectivity index (χ1v) is 7.80. The van der Waals surface area contributed by atoms with E-state index in [9.17, 15) is 9.18 Å². The zero-order valence-electron chi connectivity index (χ0n) is 12.1. The summed E-state index contributed by atoms with van der Waals surface area (Å²) in [4.78, 5) is 12.3. The lowest BCUT2D eigenvalue weighted by atomic mass is 10.0. The standard InChI is InChI=1S/C18H17ClFNO/c19-15-7-4-8-16(20)14(15)11-17(22)21-18(13-9-10-13)12-5-2-1-3-6-12/h1-8,13,18H,9-11H2,(H,21,22). The van der Waals surface area contributed by atoms with Crippen LogP contribution in [0.5, 0.6) is 0 Å². The van der Waals surface area contributed by atoms with Crippen molar-refractivity contribution in [2.45, 2.75) is 25.3 Å². The van der Waals surface area contributed by atoms with Crippen molar-refractivity contribution in [3.8, 4) is 0 Å². The van der Waals surface area contributed by atoms with Gasteiger partial charge >= 0.3 is 0 Å². The van der Waals surface area contributed by atoms with E-state index in [1.54, 1.807) is 6.07 Å². The molecule has 1 amide bonds. The Morgan fingerprint density at radius 2 is 1.91 bits per heavy atom. The molecule has 2 aromatic carbocycles. The molecular weight excluding hydrogens is 301 g/mol. The maximum absolute atomic E-state index is 13.8. The minimum Gasteiger partial charge on any atom is -0.349 e. The Labute approximate surface area is 134 Å². The molecule has 2 aromatic rings. The van der Waals surface area contributed by atoms with E-state index in [1.165, 1.54) is 12.1 Å². The predicted molar refractivity (Wildman–Crippen MR) is 85.2 cm³/mol. The molecule has 1 saturated carbocycles. The van der Waals surface area contributed by atoms with Gasteiger partial charge in [0.05, 0.1) is 12.5 Å². The summed E-state index contributed by atoms with van der Waals surface area (Å²) in [6.45, 7) is 0. The fraction of sp³-hybridized carbons (Fsp3) is 0.278. The predicted octanol–water partition coefficient (Wildman–Crippen LogP) is 4.29. The molecule has 1 atom stereocenters. The average molecular weight is 318 g/mol. The van der Waals surface area contributed by atoms with Gasteiger partial charge in [0, 0.05) is 10.6 Å². The number of rotatable bonds is 5. The lowest BCUT2D eigenvalue weighted by Crippen LogP contribution is -2.31. The second-order valence-corrected chi connectivity index (χ2v) is 6.08. The van der Waals surface area contributed by atoms with Crippen molar-refractivity contribution in [3.05, 3.63) is 70.5 Å². The molecule has 0 heterocycles. The number of carbonyl (C=O) groups excluding carboxylic acids is 1. The third-order valence-electron chi connectivity index (χ3n) is 3.97. The minimum atomic E-state index is -0.440. The molecule has 1 aliphatic carbocycles. The van der Waals surface area contributed by atoms with Crippen molar-refractivity contribution >= 4 is 17.5 Å². The van der Waals surface area contributed by atoms with Gasteiger partial charge in [0.25, 0.3) is 0 Å². The molecule has 0 bridgehead atoms. The summed E-state index contributed by atoms with van der Waals surface area (Å²) in [6.07, 6.45) is 2.18. The van der Waals surface area contributed by atoms with Crippen molar-refractivity contribution in [2.24, 2.45) is 5.92 Å². The molecule has 1 N–H and O–H groups in total. The van der Waals surface area contributed by atoms with Gasteiger partial charge in [0.15, 0.2) is 0 Å². The molecule has 3 rings (SSSR count). The van der Waals surface area contributed by atoms with Crippen LogP contribution in [0, 0.1) is 11.7 Å². The summed E-state index contributed by atoms with van der Waals surface area (Å²) in [6, 6.07) is 14.4. The highest BCUT2D eigenvalue weighted by atomic mass is 35.5. The van der Waals surface area contributed by atoms with Crippen LogP contribution in [0.3, 0.4) is 0 Å². The smallest absolute Gasteiger partial charge is 0.225 e. The minimum absolute atomic E-state index is 0.000695. The number of carbonyl (C=O) groups is 1. The van der Waals surface area contributed by atoms with Crippen LogP contribution in [-0.2, 0) is 11.2 Å². The summed E-state index contributed by atoms with van der Waals surface area (Å²) in [5, 5.41) is 3.32. The van der Waals surface area contributed by atoms with Crippen LogP contribution in [0.4, 0.5) is 4.39 Å². The zero-order chi connectivity index (χ0) is 15.5. The molecule has 114 valence electrons. The Kier molecular flexibility index (Phi) is 4.44. The zero-order valence-corrected chi connectivity index (χ0v) is 12.8. The van der Waals surface area contributed by atoms with Gasteiger partial charge in [-0.3, -0.25) is 4.79 Å². The fourth-order valence-electron chi connectivity index (χ4n) is 2.65. The normalized spacial score (nSPS) is 15.4. The van der Waals surface area contributed by atoms with E-state index < -0.39 is 5.82 Å². The van der Waals surface area contributed by atoms with Gasteiger partial charge in [-0.1, -0.05) is 48.0 Å². The van der Waals surface area contributed by atoms with Gasteiger partial charge in [-0.05, 0) is 36.5 Å². The molecule has 2 nitrogen and oxygen atoms in total. The first-order chi connectivity index (χ1) is 10.6. The van der Waals surface area contributed by atoms with Crippen LogP contribution in [0.2, 0.25) is 5.02 Å². The van der Waals surface area contributed by atoms with Gasteiger partial charge in [-0.2, -0.15) is 0 Å². The van der Waals surface area contributed by atoms with Crippen LogP contribution in [0.1, 0.15) is 30.0 Å². The summed E-state index contributed by atoms with van der Waals surface area (Å²) < 4.78 is 13.8. The molecule has 4 heteroatoms. The van der Waals surface area contributed by atoms with Crippen LogP contribution in [-0.4, -0.2) is 5.91 Å². The molecule has 0 radical (unpaired) electrons. The first kappa shape index (κ1) is 15.0. The summed E-state index contributed by atoms with van der Waals surface area (Å²) in [5.74, 6) is -0.166. The number of amides is 1. The van der Waals surface area contributed by atoms with E-state index in [1.807, 2.05) is 30.3 Å². The van der Waals surface area contributed by atoms with Gasteiger partial charge in [0.2, 0.25) is 5.91 Å². The average Bonchev–Trinajstić information content (AvgIpc) is 3.34. The van der Waals surface area contributed by atoms with Gasteiger partial charge in [-0.25, -0.2) is 4.39 Å². The number of nitrogens with one attached hydrogen (secondary N) is 1. The van der Waals surface area contributed by atoms with E-state index in [4.69, 9.17) is 11.6 Å². The Morgan fingerprint density at radius 3 is 2.55 bits per heavy atom. The molecule has 1 unspecified atom stereocenters. The topological polar surface area (TPSA) is 29.1 Å². The highest BCUT2D eigenvalue weighted by molar-refractivity contribution is 6.31. The third-order valence-corrected chi connectivity index (χ3v) is 4.32. The van der Waals surface area contributed by atoms with Gasteiger partial charge < -0.3 is 5.32 Å². The monoisotopic (exact) mass is 317 g/mol. The number of hydrogen-bond donors (Lipinski definition) is 1. The Hall–Kier alpha value is -1.87. The maximum atomic E-state index is 13.8. The second kappa shape index (κ2) is 6.49. The number of halogens is 2. The molecule has 22 heavy (non-hydrogen) atoms. The second-order valence-electron chi connectivity index (χ2n) is 5.67. The number of benzene rings is 2. The molecular formula is C18H17ClFNO. The lowest BCUT2D eigenvalue weighted by Gasteiger charge is -2.19. The third kappa shape index (κ3) is 3.47. The number of hydrogen-bond acceptors (Lipinski definition) is 1. The Balaban J connectivity index is 1.72. The van der Waals surface area contributed by atoms with Crippen molar-refractivity contribution in [2.75, 3.05) is 0 Å². The van der Waals surface area contributed by atoms with E-state index in [2.05, 4.69) is 5.32 Å². The van der Waals surface area contributed by atoms with E-state index >= 15 is 0 Å².